The monoisotopic (exact) mass is 415 g/mol. The van der Waals surface area contributed by atoms with Crippen LogP contribution in [-0.4, -0.2) is 42.3 Å². The molecule has 2 heterocycles. The Labute approximate surface area is 174 Å². The molecule has 1 fully saturated rings. The second kappa shape index (κ2) is 9.07. The number of benzene rings is 1. The minimum Gasteiger partial charge on any atom is -0.462 e. The smallest absolute Gasteiger partial charge is 0.339 e. The number of aromatic nitrogens is 2. The number of esters is 1. The lowest BCUT2D eigenvalue weighted by molar-refractivity contribution is 0.0526. The zero-order chi connectivity index (χ0) is 21.0. The quantitative estimate of drug-likeness (QED) is 0.757. The lowest BCUT2D eigenvalue weighted by atomic mass is 9.99. The second-order valence-corrected chi connectivity index (χ2v) is 7.02. The molecular weight excluding hydrogens is 394 g/mol. The molecule has 0 aliphatic carbocycles. The van der Waals surface area contributed by atoms with Crippen molar-refractivity contribution in [2.24, 2.45) is 0 Å². The number of nitriles is 1. The molecule has 1 aliphatic heterocycles. The molecule has 0 saturated carbocycles. The molecule has 8 nitrogen and oxygen atoms in total. The Balaban J connectivity index is 2.08. The minimum atomic E-state index is -0.578. The SMILES string of the molecule is CCOC(=O)c1cc(Cl)c(C2COCCCN2c2cc(C)nc(N)n2)cc1C#N. The third-order valence-corrected chi connectivity index (χ3v) is 4.93. The normalized spacial score (nSPS) is 16.8. The molecule has 2 N–H and O–H groups in total. The summed E-state index contributed by atoms with van der Waals surface area (Å²) in [5.74, 6) is 0.269. The van der Waals surface area contributed by atoms with Gasteiger partial charge in [-0.2, -0.15) is 10.2 Å². The highest BCUT2D eigenvalue weighted by Crippen LogP contribution is 2.35. The molecule has 0 spiro atoms. The number of halogens is 1. The van der Waals surface area contributed by atoms with E-state index in [1.165, 1.54) is 6.07 Å². The molecule has 1 atom stereocenters. The fraction of sp³-hybridized carbons (Fsp3) is 0.400. The molecule has 1 aromatic carbocycles. The number of aryl methyl sites for hydroxylation is 1. The van der Waals surface area contributed by atoms with E-state index in [0.29, 0.717) is 36.2 Å². The fourth-order valence-electron chi connectivity index (χ4n) is 3.35. The average Bonchev–Trinajstić information content (AvgIpc) is 2.93. The highest BCUT2D eigenvalue weighted by atomic mass is 35.5. The largest absolute Gasteiger partial charge is 0.462 e. The molecule has 1 aliphatic rings. The molecule has 0 bridgehead atoms. The molecule has 1 saturated heterocycles. The van der Waals surface area contributed by atoms with Crippen LogP contribution < -0.4 is 10.6 Å². The van der Waals surface area contributed by atoms with E-state index in [9.17, 15) is 10.1 Å². The Morgan fingerprint density at radius 2 is 2.24 bits per heavy atom. The van der Waals surface area contributed by atoms with Crippen LogP contribution in [0.3, 0.4) is 0 Å². The fourth-order valence-corrected chi connectivity index (χ4v) is 3.64. The summed E-state index contributed by atoms with van der Waals surface area (Å²) in [6, 6.07) is 6.72. The van der Waals surface area contributed by atoms with Gasteiger partial charge in [-0.1, -0.05) is 11.6 Å². The molecular formula is C20H22ClN5O3. The van der Waals surface area contributed by atoms with E-state index in [0.717, 1.165) is 12.1 Å². The predicted molar refractivity (Wildman–Crippen MR) is 109 cm³/mol. The summed E-state index contributed by atoms with van der Waals surface area (Å²) >= 11 is 6.55. The van der Waals surface area contributed by atoms with Gasteiger partial charge in [0, 0.05) is 29.9 Å². The van der Waals surface area contributed by atoms with Gasteiger partial charge in [0.25, 0.3) is 0 Å². The second-order valence-electron chi connectivity index (χ2n) is 6.61. The van der Waals surface area contributed by atoms with Crippen molar-refractivity contribution in [3.8, 4) is 6.07 Å². The Hall–Kier alpha value is -2.89. The van der Waals surface area contributed by atoms with Crippen molar-refractivity contribution in [3.05, 3.63) is 45.6 Å². The van der Waals surface area contributed by atoms with Gasteiger partial charge in [-0.05, 0) is 38.0 Å². The summed E-state index contributed by atoms with van der Waals surface area (Å²) in [6.45, 7) is 5.37. The van der Waals surface area contributed by atoms with Gasteiger partial charge in [-0.15, -0.1) is 0 Å². The first-order valence-electron chi connectivity index (χ1n) is 9.30. The predicted octanol–water partition coefficient (Wildman–Crippen LogP) is 3.04. The first kappa shape index (κ1) is 20.8. The number of hydrogen-bond donors (Lipinski definition) is 1. The number of nitrogens with zero attached hydrogens (tertiary/aromatic N) is 4. The van der Waals surface area contributed by atoms with Crippen molar-refractivity contribution in [2.45, 2.75) is 26.3 Å². The van der Waals surface area contributed by atoms with Gasteiger partial charge in [0.05, 0.1) is 30.4 Å². The number of nitrogen functional groups attached to an aromatic ring is 1. The maximum atomic E-state index is 12.2. The van der Waals surface area contributed by atoms with Gasteiger partial charge in [0.15, 0.2) is 0 Å². The van der Waals surface area contributed by atoms with E-state index in [4.69, 9.17) is 26.8 Å². The number of ether oxygens (including phenoxy) is 2. The van der Waals surface area contributed by atoms with E-state index in [1.54, 1.807) is 13.0 Å². The van der Waals surface area contributed by atoms with E-state index < -0.39 is 5.97 Å². The highest BCUT2D eigenvalue weighted by Gasteiger charge is 2.28. The van der Waals surface area contributed by atoms with Crippen molar-refractivity contribution in [1.82, 2.24) is 9.97 Å². The summed E-state index contributed by atoms with van der Waals surface area (Å²) in [5, 5.41) is 9.93. The van der Waals surface area contributed by atoms with Crippen LogP contribution in [0.1, 0.15) is 46.6 Å². The number of rotatable bonds is 4. The first-order valence-corrected chi connectivity index (χ1v) is 9.68. The van der Waals surface area contributed by atoms with Crippen molar-refractivity contribution in [2.75, 3.05) is 37.0 Å². The summed E-state index contributed by atoms with van der Waals surface area (Å²) < 4.78 is 10.8. The van der Waals surface area contributed by atoms with E-state index >= 15 is 0 Å². The summed E-state index contributed by atoms with van der Waals surface area (Å²) in [4.78, 5) is 22.7. The van der Waals surface area contributed by atoms with Gasteiger partial charge in [-0.25, -0.2) is 9.78 Å². The Morgan fingerprint density at radius 1 is 1.45 bits per heavy atom. The molecule has 1 unspecified atom stereocenters. The van der Waals surface area contributed by atoms with Crippen LogP contribution in [-0.2, 0) is 9.47 Å². The van der Waals surface area contributed by atoms with Gasteiger partial charge in [0.1, 0.15) is 11.9 Å². The molecule has 9 heteroatoms. The minimum absolute atomic E-state index is 0.145. The molecule has 2 aromatic rings. The lowest BCUT2D eigenvalue weighted by Gasteiger charge is -2.31. The van der Waals surface area contributed by atoms with E-state index in [1.807, 2.05) is 17.9 Å². The molecule has 29 heavy (non-hydrogen) atoms. The van der Waals surface area contributed by atoms with Crippen LogP contribution in [0.5, 0.6) is 0 Å². The van der Waals surface area contributed by atoms with Crippen LogP contribution in [0.2, 0.25) is 5.02 Å². The van der Waals surface area contributed by atoms with Gasteiger partial charge >= 0.3 is 5.97 Å². The van der Waals surface area contributed by atoms with E-state index in [2.05, 4.69) is 16.0 Å². The Morgan fingerprint density at radius 3 is 2.93 bits per heavy atom. The van der Waals surface area contributed by atoms with Crippen molar-refractivity contribution >= 4 is 29.3 Å². The van der Waals surface area contributed by atoms with Crippen molar-refractivity contribution in [3.63, 3.8) is 0 Å². The Bertz CT molecular complexity index is 940. The molecule has 152 valence electrons. The van der Waals surface area contributed by atoms with Crippen molar-refractivity contribution < 1.29 is 14.3 Å². The van der Waals surface area contributed by atoms with Crippen LogP contribution in [0, 0.1) is 18.3 Å². The van der Waals surface area contributed by atoms with Crippen LogP contribution in [0.25, 0.3) is 0 Å². The zero-order valence-corrected chi connectivity index (χ0v) is 17.1. The average molecular weight is 416 g/mol. The third kappa shape index (κ3) is 4.58. The van der Waals surface area contributed by atoms with Crippen LogP contribution >= 0.6 is 11.6 Å². The summed E-state index contributed by atoms with van der Waals surface area (Å²) in [5.41, 5.74) is 7.61. The van der Waals surface area contributed by atoms with E-state index in [-0.39, 0.29) is 29.7 Å². The van der Waals surface area contributed by atoms with Crippen LogP contribution in [0.15, 0.2) is 18.2 Å². The molecule has 3 rings (SSSR count). The summed E-state index contributed by atoms with van der Waals surface area (Å²) in [6.07, 6.45) is 0.795. The third-order valence-electron chi connectivity index (χ3n) is 4.60. The molecule has 0 amide bonds. The number of nitrogens with two attached hydrogens (primary N) is 1. The van der Waals surface area contributed by atoms with Gasteiger partial charge in [0.2, 0.25) is 5.95 Å². The zero-order valence-electron chi connectivity index (χ0n) is 16.3. The summed E-state index contributed by atoms with van der Waals surface area (Å²) in [7, 11) is 0. The lowest BCUT2D eigenvalue weighted by Crippen LogP contribution is -2.32. The van der Waals surface area contributed by atoms with Crippen LogP contribution in [0.4, 0.5) is 11.8 Å². The maximum Gasteiger partial charge on any atom is 0.339 e. The standard InChI is InChI=1S/C20H22ClN5O3/c1-3-29-19(27)14-9-16(21)15(8-13(14)10-22)17-11-28-6-4-5-26(17)18-7-12(2)24-20(23)25-18/h7-9,17H,3-6,11H2,1-2H3,(H2,23,24,25). The number of carbonyl (C=O) groups excluding carboxylic acids is 1. The van der Waals surface area contributed by atoms with Gasteiger partial charge < -0.3 is 20.1 Å². The number of anilines is 2. The Kier molecular flexibility index (Phi) is 6.52. The molecule has 0 radical (unpaired) electrons. The maximum absolute atomic E-state index is 12.2. The van der Waals surface area contributed by atoms with Gasteiger partial charge in [-0.3, -0.25) is 0 Å². The highest BCUT2D eigenvalue weighted by molar-refractivity contribution is 6.32. The van der Waals surface area contributed by atoms with Crippen molar-refractivity contribution in [1.29, 1.82) is 5.26 Å². The number of hydrogen-bond acceptors (Lipinski definition) is 8. The number of carbonyl (C=O) groups is 1. The molecule has 1 aromatic heterocycles. The topological polar surface area (TPSA) is 114 Å². The first-order chi connectivity index (χ1) is 13.9.